The molecule has 8 heteroatoms. The van der Waals surface area contributed by atoms with Gasteiger partial charge in [0.25, 0.3) is 0 Å². The summed E-state index contributed by atoms with van der Waals surface area (Å²) >= 11 is 1.60. The van der Waals surface area contributed by atoms with Crippen molar-refractivity contribution < 1.29 is 24.5 Å². The van der Waals surface area contributed by atoms with Crippen LogP contribution in [0.15, 0.2) is 29.2 Å². The fraction of sp³-hybridized carbons (Fsp3) is 0.714. The molecule has 0 radical (unpaired) electrons. The van der Waals surface area contributed by atoms with Gasteiger partial charge in [0, 0.05) is 35.5 Å². The molecule has 2 amide bonds. The third-order valence-corrected chi connectivity index (χ3v) is 10.1. The summed E-state index contributed by atoms with van der Waals surface area (Å²) in [7, 11) is 0. The number of thioether (sulfide) groups is 1. The van der Waals surface area contributed by atoms with Crippen molar-refractivity contribution in [1.29, 1.82) is 0 Å². The molecule has 2 aliphatic carbocycles. The maximum absolute atomic E-state index is 13.2. The van der Waals surface area contributed by atoms with Gasteiger partial charge in [0.2, 0.25) is 5.91 Å². The summed E-state index contributed by atoms with van der Waals surface area (Å²) in [6.45, 7) is 5.67. The molecule has 200 valence electrons. The minimum Gasteiger partial charge on any atom is -0.445 e. The van der Waals surface area contributed by atoms with Crippen molar-refractivity contribution in [2.24, 2.45) is 22.7 Å². The Balaban J connectivity index is 1.48. The Hall–Kier alpha value is -1.77. The first-order chi connectivity index (χ1) is 17.2. The lowest BCUT2D eigenvalue weighted by molar-refractivity contribution is -0.186. The van der Waals surface area contributed by atoms with Crippen molar-refractivity contribution in [2.45, 2.75) is 82.3 Å². The quantitative estimate of drug-likeness (QED) is 0.463. The number of fused-ring (bicyclic) bond motifs is 1. The number of aliphatic hydroxyl groups excluding tert-OH is 2. The van der Waals surface area contributed by atoms with Crippen LogP contribution in [0.2, 0.25) is 0 Å². The third-order valence-electron chi connectivity index (χ3n) is 9.34. The Kier molecular flexibility index (Phi) is 8.57. The van der Waals surface area contributed by atoms with E-state index in [0.717, 1.165) is 43.7 Å². The number of likely N-dealkylation sites (tertiary alicyclic amines) is 1. The van der Waals surface area contributed by atoms with Crippen LogP contribution in [-0.2, 0) is 9.53 Å². The number of rotatable bonds is 6. The molecule has 4 rings (SSSR count). The van der Waals surface area contributed by atoms with E-state index < -0.39 is 23.7 Å². The van der Waals surface area contributed by atoms with Crippen LogP contribution in [0.4, 0.5) is 10.5 Å². The van der Waals surface area contributed by atoms with Crippen molar-refractivity contribution in [3.63, 3.8) is 0 Å². The first-order valence-corrected chi connectivity index (χ1v) is 14.6. The number of anilines is 1. The summed E-state index contributed by atoms with van der Waals surface area (Å²) in [4.78, 5) is 29.0. The van der Waals surface area contributed by atoms with E-state index >= 15 is 0 Å². The van der Waals surface area contributed by atoms with E-state index in [2.05, 4.69) is 12.2 Å². The van der Waals surface area contributed by atoms with Gasteiger partial charge >= 0.3 is 6.09 Å². The van der Waals surface area contributed by atoms with Crippen molar-refractivity contribution in [2.75, 3.05) is 31.3 Å². The Morgan fingerprint density at radius 2 is 1.92 bits per heavy atom. The summed E-state index contributed by atoms with van der Waals surface area (Å²) in [5, 5.41) is 24.5. The zero-order chi connectivity index (χ0) is 25.9. The van der Waals surface area contributed by atoms with Gasteiger partial charge in [0.15, 0.2) is 0 Å². The lowest BCUT2D eigenvalue weighted by Gasteiger charge is -2.60. The fourth-order valence-corrected chi connectivity index (χ4v) is 7.68. The van der Waals surface area contributed by atoms with Gasteiger partial charge in [-0.15, -0.1) is 11.8 Å². The Bertz CT molecular complexity index is 938. The number of hydrogen-bond acceptors (Lipinski definition) is 6. The molecule has 1 aromatic rings. The van der Waals surface area contributed by atoms with E-state index in [1.165, 1.54) is 6.42 Å². The predicted molar refractivity (Wildman–Crippen MR) is 142 cm³/mol. The smallest absolute Gasteiger partial charge is 0.411 e. The molecule has 7 nitrogen and oxygen atoms in total. The van der Waals surface area contributed by atoms with Gasteiger partial charge in [0.05, 0.1) is 12.7 Å². The summed E-state index contributed by atoms with van der Waals surface area (Å²) in [6, 6.07) is 7.61. The van der Waals surface area contributed by atoms with E-state index in [9.17, 15) is 19.8 Å². The number of carbonyl (C=O) groups is 2. The summed E-state index contributed by atoms with van der Waals surface area (Å²) in [5.41, 5.74) is -0.294. The molecule has 3 aliphatic rings. The predicted octanol–water partition coefficient (Wildman–Crippen LogP) is 4.91. The zero-order valence-corrected chi connectivity index (χ0v) is 22.7. The molecular formula is C28H42N2O5S. The maximum atomic E-state index is 13.2. The largest absolute Gasteiger partial charge is 0.445 e. The van der Waals surface area contributed by atoms with Crippen LogP contribution in [0, 0.1) is 22.7 Å². The average molecular weight is 519 g/mol. The summed E-state index contributed by atoms with van der Waals surface area (Å²) < 4.78 is 5.95. The van der Waals surface area contributed by atoms with Gasteiger partial charge in [-0.3, -0.25) is 10.1 Å². The van der Waals surface area contributed by atoms with E-state index in [-0.39, 0.29) is 29.8 Å². The molecule has 0 bridgehead atoms. The maximum Gasteiger partial charge on any atom is 0.411 e. The summed E-state index contributed by atoms with van der Waals surface area (Å²) in [5.74, 6) is 0.00101. The van der Waals surface area contributed by atoms with Crippen LogP contribution >= 0.6 is 11.8 Å². The van der Waals surface area contributed by atoms with E-state index in [1.54, 1.807) is 11.8 Å². The highest BCUT2D eigenvalue weighted by molar-refractivity contribution is 7.98. The second kappa shape index (κ2) is 11.3. The zero-order valence-electron chi connectivity index (χ0n) is 21.9. The Morgan fingerprint density at radius 3 is 2.61 bits per heavy atom. The lowest BCUT2D eigenvalue weighted by Crippen LogP contribution is -2.61. The van der Waals surface area contributed by atoms with E-state index in [4.69, 9.17) is 4.74 Å². The second-order valence-electron chi connectivity index (χ2n) is 11.4. The third kappa shape index (κ3) is 5.41. The van der Waals surface area contributed by atoms with Crippen molar-refractivity contribution in [1.82, 2.24) is 4.90 Å². The number of piperidine rings is 1. The van der Waals surface area contributed by atoms with Gasteiger partial charge in [-0.1, -0.05) is 19.9 Å². The van der Waals surface area contributed by atoms with Crippen molar-refractivity contribution >= 4 is 29.4 Å². The van der Waals surface area contributed by atoms with Crippen molar-refractivity contribution in [3.05, 3.63) is 24.3 Å². The standard InChI is InChI=1S/C28H42N2O5S/c1-27-13-12-24(35-26(34)29-19-8-7-9-20(16-19)36-3)28(2,18-31)23(27)11-10-22(32)21(27)17-25(33)30-14-5-4-6-15-30/h7-9,16,21-24,31-32H,4-6,10-15,17-18H2,1-3H3,(H,29,34)/t21-,22-,23+,24-,27+,28+/m1/s1. The van der Waals surface area contributed by atoms with Crippen LogP contribution in [0.5, 0.6) is 0 Å². The number of nitrogens with one attached hydrogen (secondary N) is 1. The first kappa shape index (κ1) is 27.3. The van der Waals surface area contributed by atoms with E-state index in [1.807, 2.05) is 42.3 Å². The number of amides is 2. The number of nitrogens with zero attached hydrogens (tertiary/aromatic N) is 1. The highest BCUT2D eigenvalue weighted by Crippen LogP contribution is 2.61. The first-order valence-electron chi connectivity index (χ1n) is 13.4. The normalized spacial score (nSPS) is 34.5. The van der Waals surface area contributed by atoms with E-state index in [0.29, 0.717) is 24.9 Å². The number of aliphatic hydroxyl groups is 2. The van der Waals surface area contributed by atoms with Crippen LogP contribution in [0.1, 0.15) is 65.2 Å². The fourth-order valence-electron chi connectivity index (χ4n) is 7.22. The topological polar surface area (TPSA) is 99.1 Å². The average Bonchev–Trinajstić information content (AvgIpc) is 2.88. The molecule has 0 unspecified atom stereocenters. The van der Waals surface area contributed by atoms with Gasteiger partial charge in [-0.05, 0) is 86.7 Å². The highest BCUT2D eigenvalue weighted by Gasteiger charge is 2.60. The lowest BCUT2D eigenvalue weighted by atomic mass is 9.46. The van der Waals surface area contributed by atoms with Crippen LogP contribution in [0.3, 0.4) is 0 Å². The molecule has 1 aromatic carbocycles. The second-order valence-corrected chi connectivity index (χ2v) is 12.3. The Labute approximate surface area is 219 Å². The van der Waals surface area contributed by atoms with Gasteiger partial charge in [-0.2, -0.15) is 0 Å². The highest BCUT2D eigenvalue weighted by atomic mass is 32.2. The molecule has 3 N–H and O–H groups in total. The van der Waals surface area contributed by atoms with Gasteiger partial charge in [0.1, 0.15) is 6.10 Å². The number of hydrogen-bond donors (Lipinski definition) is 3. The van der Waals surface area contributed by atoms with Crippen LogP contribution in [0.25, 0.3) is 0 Å². The number of benzene rings is 1. The minimum absolute atomic E-state index is 0.0314. The molecule has 6 atom stereocenters. The monoisotopic (exact) mass is 518 g/mol. The molecular weight excluding hydrogens is 476 g/mol. The molecule has 0 aromatic heterocycles. The SMILES string of the molecule is CSc1cccc(NC(=O)O[C@@H]2CC[C@]3(C)[C@H](CC[C@@H](O)[C@H]3CC(=O)N3CCCCC3)[C@]2(C)CO)c1. The van der Waals surface area contributed by atoms with Crippen LogP contribution in [-0.4, -0.2) is 65.3 Å². The molecule has 2 saturated carbocycles. The minimum atomic E-state index is -0.655. The number of carbonyl (C=O) groups excluding carboxylic acids is 2. The molecule has 0 spiro atoms. The number of ether oxygens (including phenoxy) is 1. The molecule has 1 aliphatic heterocycles. The molecule has 1 saturated heterocycles. The summed E-state index contributed by atoms with van der Waals surface area (Å²) in [6.07, 6.45) is 6.74. The van der Waals surface area contributed by atoms with Gasteiger partial charge < -0.3 is 19.8 Å². The molecule has 36 heavy (non-hydrogen) atoms. The van der Waals surface area contributed by atoms with Crippen LogP contribution < -0.4 is 5.32 Å². The van der Waals surface area contributed by atoms with Gasteiger partial charge in [-0.25, -0.2) is 4.79 Å². The van der Waals surface area contributed by atoms with Crippen molar-refractivity contribution in [3.8, 4) is 0 Å². The molecule has 3 fully saturated rings. The Morgan fingerprint density at radius 1 is 1.17 bits per heavy atom. The molecule has 1 heterocycles.